The van der Waals surface area contributed by atoms with Gasteiger partial charge in [0.25, 0.3) is 0 Å². The molecule has 2 aromatic carbocycles. The Balaban J connectivity index is 1.30. The Morgan fingerprint density at radius 3 is 2.50 bits per heavy atom. The van der Waals surface area contributed by atoms with Crippen molar-refractivity contribution in [3.8, 4) is 17.3 Å². The van der Waals surface area contributed by atoms with E-state index in [-0.39, 0.29) is 41.4 Å². The third-order valence-corrected chi connectivity index (χ3v) is 9.52. The van der Waals surface area contributed by atoms with Crippen LogP contribution in [0.3, 0.4) is 0 Å². The molecule has 3 aliphatic rings. The van der Waals surface area contributed by atoms with Crippen LogP contribution in [-0.2, 0) is 4.74 Å². The molecule has 3 fully saturated rings. The van der Waals surface area contributed by atoms with Crippen LogP contribution in [0.1, 0.15) is 52.0 Å². The van der Waals surface area contributed by atoms with E-state index in [1.807, 2.05) is 62.1 Å². The van der Waals surface area contributed by atoms with E-state index < -0.39 is 11.4 Å². The lowest BCUT2D eigenvalue weighted by atomic mass is 9.96. The number of anilines is 1. The van der Waals surface area contributed by atoms with E-state index in [0.29, 0.717) is 36.5 Å². The summed E-state index contributed by atoms with van der Waals surface area (Å²) in [5, 5.41) is 2.37. The first-order valence-electron chi connectivity index (χ1n) is 16.2. The molecule has 2 bridgehead atoms. The van der Waals surface area contributed by atoms with Crippen molar-refractivity contribution in [2.75, 3.05) is 38.2 Å². The van der Waals surface area contributed by atoms with E-state index in [2.05, 4.69) is 28.4 Å². The van der Waals surface area contributed by atoms with Crippen molar-refractivity contribution in [1.82, 2.24) is 24.8 Å². The second-order valence-electron chi connectivity index (χ2n) is 13.7. The van der Waals surface area contributed by atoms with Gasteiger partial charge in [-0.2, -0.15) is 9.97 Å². The largest absolute Gasteiger partial charge is 0.462 e. The number of hydrogen-bond donors (Lipinski definition) is 0. The number of likely N-dealkylation sites (tertiary alicyclic amines) is 1. The van der Waals surface area contributed by atoms with Gasteiger partial charge in [0.1, 0.15) is 29.2 Å². The normalized spacial score (nSPS) is 21.7. The Labute approximate surface area is 269 Å². The van der Waals surface area contributed by atoms with Gasteiger partial charge in [-0.05, 0) is 76.4 Å². The van der Waals surface area contributed by atoms with Crippen LogP contribution in [0, 0.1) is 5.82 Å². The van der Waals surface area contributed by atoms with Crippen molar-refractivity contribution >= 4 is 39.7 Å². The van der Waals surface area contributed by atoms with Crippen LogP contribution in [0.25, 0.3) is 39.0 Å². The highest BCUT2D eigenvalue weighted by atomic mass is 19.1. The van der Waals surface area contributed by atoms with Gasteiger partial charge in [-0.15, -0.1) is 0 Å². The number of rotatable bonds is 6. The Hall–Kier alpha value is -4.31. The SMILES string of the molecule is C=Cc1cccc2cccc(-c3ncc4c(N5C[C@H]6CC[C@@H](C5)N6C(=O)OC(C)(C)C)nc(OC[C@@H]5CCCN5C)nc4c3F)c12. The van der Waals surface area contributed by atoms with Crippen LogP contribution in [0.4, 0.5) is 15.0 Å². The van der Waals surface area contributed by atoms with Crippen LogP contribution in [-0.4, -0.2) is 87.9 Å². The highest BCUT2D eigenvalue weighted by Gasteiger charge is 2.45. The first-order chi connectivity index (χ1) is 22.1. The van der Waals surface area contributed by atoms with E-state index >= 15 is 4.39 Å². The number of hydrogen-bond acceptors (Lipinski definition) is 8. The van der Waals surface area contributed by atoms with Gasteiger partial charge in [0.2, 0.25) is 0 Å². The molecule has 3 atom stereocenters. The van der Waals surface area contributed by atoms with Gasteiger partial charge in [-0.3, -0.25) is 9.88 Å². The molecule has 5 heterocycles. The molecule has 46 heavy (non-hydrogen) atoms. The number of aromatic nitrogens is 3. The molecule has 0 unspecified atom stereocenters. The molecule has 1 amide bonds. The zero-order chi connectivity index (χ0) is 32.2. The Morgan fingerprint density at radius 2 is 1.83 bits per heavy atom. The number of pyridine rings is 1. The summed E-state index contributed by atoms with van der Waals surface area (Å²) in [5.74, 6) is 0.0499. The van der Waals surface area contributed by atoms with Crippen LogP contribution in [0.15, 0.2) is 49.2 Å². The van der Waals surface area contributed by atoms with Crippen LogP contribution in [0.2, 0.25) is 0 Å². The van der Waals surface area contributed by atoms with E-state index in [9.17, 15) is 4.79 Å². The topological polar surface area (TPSA) is 83.9 Å². The van der Waals surface area contributed by atoms with Crippen molar-refractivity contribution in [2.24, 2.45) is 0 Å². The molecule has 7 rings (SSSR count). The smallest absolute Gasteiger partial charge is 0.410 e. The number of ether oxygens (including phenoxy) is 2. The number of piperazine rings is 1. The molecule has 0 saturated carbocycles. The van der Waals surface area contributed by atoms with Gasteiger partial charge in [-0.1, -0.05) is 49.1 Å². The average molecular weight is 625 g/mol. The molecule has 0 spiro atoms. The lowest BCUT2D eigenvalue weighted by Gasteiger charge is -2.42. The highest BCUT2D eigenvalue weighted by molar-refractivity contribution is 6.03. The molecule has 0 radical (unpaired) electrons. The maximum Gasteiger partial charge on any atom is 0.410 e. The molecule has 9 nitrogen and oxygen atoms in total. The number of halogens is 1. The van der Waals surface area contributed by atoms with Crippen molar-refractivity contribution < 1.29 is 18.7 Å². The van der Waals surface area contributed by atoms with E-state index in [1.54, 1.807) is 12.3 Å². The van der Waals surface area contributed by atoms with Crippen LogP contribution in [0.5, 0.6) is 6.01 Å². The first-order valence-corrected chi connectivity index (χ1v) is 16.2. The van der Waals surface area contributed by atoms with E-state index in [1.165, 1.54) is 0 Å². The van der Waals surface area contributed by atoms with Crippen LogP contribution < -0.4 is 9.64 Å². The fourth-order valence-electron chi connectivity index (χ4n) is 7.30. The summed E-state index contributed by atoms with van der Waals surface area (Å²) in [5.41, 5.74) is 1.38. The zero-order valence-corrected chi connectivity index (χ0v) is 27.0. The molecular weight excluding hydrogens is 583 g/mol. The summed E-state index contributed by atoms with van der Waals surface area (Å²) in [6.45, 7) is 12.2. The molecule has 4 aromatic rings. The average Bonchev–Trinajstić information content (AvgIpc) is 3.57. The maximum absolute atomic E-state index is 16.8. The second kappa shape index (κ2) is 11.8. The third kappa shape index (κ3) is 5.53. The van der Waals surface area contributed by atoms with Gasteiger partial charge in [-0.25, -0.2) is 9.18 Å². The Bertz CT molecular complexity index is 1800. The minimum Gasteiger partial charge on any atom is -0.462 e. The summed E-state index contributed by atoms with van der Waals surface area (Å²) in [7, 11) is 2.09. The Morgan fingerprint density at radius 1 is 1.09 bits per heavy atom. The van der Waals surface area contributed by atoms with Crippen molar-refractivity contribution in [1.29, 1.82) is 0 Å². The lowest BCUT2D eigenvalue weighted by Crippen LogP contribution is -2.57. The van der Waals surface area contributed by atoms with Crippen LogP contribution >= 0.6 is 0 Å². The van der Waals surface area contributed by atoms with Gasteiger partial charge in [0, 0.05) is 30.9 Å². The number of carbonyl (C=O) groups excluding carboxylic acids is 1. The number of nitrogens with zero attached hydrogens (tertiary/aromatic N) is 6. The monoisotopic (exact) mass is 624 g/mol. The summed E-state index contributed by atoms with van der Waals surface area (Å²) < 4.78 is 28.8. The summed E-state index contributed by atoms with van der Waals surface area (Å²) in [6, 6.07) is 12.0. The summed E-state index contributed by atoms with van der Waals surface area (Å²) >= 11 is 0. The minimum atomic E-state index is -0.576. The van der Waals surface area contributed by atoms with Crippen molar-refractivity contribution in [3.05, 3.63) is 60.6 Å². The Kier molecular flexibility index (Phi) is 7.79. The molecule has 3 aliphatic heterocycles. The minimum absolute atomic E-state index is 0.0415. The summed E-state index contributed by atoms with van der Waals surface area (Å²) in [6.07, 6.45) is 7.04. The number of amides is 1. The van der Waals surface area contributed by atoms with Gasteiger partial charge in [0.05, 0.1) is 17.5 Å². The fraction of sp³-hybridized carbons (Fsp3) is 0.444. The predicted octanol–water partition coefficient (Wildman–Crippen LogP) is 6.69. The quantitative estimate of drug-likeness (QED) is 0.235. The van der Waals surface area contributed by atoms with Gasteiger partial charge < -0.3 is 19.3 Å². The lowest BCUT2D eigenvalue weighted by molar-refractivity contribution is 0.0122. The molecular formula is C36H41FN6O3. The number of fused-ring (bicyclic) bond motifs is 4. The third-order valence-electron chi connectivity index (χ3n) is 9.52. The van der Waals surface area contributed by atoms with Crippen molar-refractivity contribution in [3.63, 3.8) is 0 Å². The first kappa shape index (κ1) is 30.3. The molecule has 0 aliphatic carbocycles. The predicted molar refractivity (Wildman–Crippen MR) is 179 cm³/mol. The summed E-state index contributed by atoms with van der Waals surface area (Å²) in [4.78, 5) is 33.7. The molecule has 3 saturated heterocycles. The molecule has 240 valence electrons. The van der Waals surface area contributed by atoms with Gasteiger partial charge >= 0.3 is 12.1 Å². The maximum atomic E-state index is 16.8. The zero-order valence-electron chi connectivity index (χ0n) is 27.0. The fourth-order valence-corrected chi connectivity index (χ4v) is 7.30. The molecule has 2 aromatic heterocycles. The van der Waals surface area contributed by atoms with Crippen molar-refractivity contribution in [2.45, 2.75) is 70.2 Å². The number of likely N-dealkylation sites (N-methyl/N-ethyl adjacent to an activating group) is 1. The standard InChI is InChI=1S/C36H41FN6O3/c1-6-22-10-7-11-23-12-8-14-27(29(22)23)31-30(37)32-28(18-38-31)33(40-34(39-32)45-21-26-13-9-17-41(26)5)42-19-24-15-16-25(20-42)43(24)35(44)46-36(2,3)4/h6-8,10-12,14,18,24-26H,1,9,13,15-17,19-21H2,2-5H3/t24-,25+,26-/m0/s1. The highest BCUT2D eigenvalue weighted by Crippen LogP contribution is 2.39. The molecule has 10 heteroatoms. The van der Waals surface area contributed by atoms with E-state index in [0.717, 1.165) is 48.6 Å². The number of carbonyl (C=O) groups is 1. The number of benzene rings is 2. The van der Waals surface area contributed by atoms with E-state index in [4.69, 9.17) is 19.4 Å². The van der Waals surface area contributed by atoms with Gasteiger partial charge in [0.15, 0.2) is 5.82 Å². The second-order valence-corrected chi connectivity index (χ2v) is 13.7. The molecule has 0 N–H and O–H groups in total.